The molecule has 1 heterocycles. The summed E-state index contributed by atoms with van der Waals surface area (Å²) >= 11 is 5.88. The standard InChI is InChI=1S/C19H22ClN3O5S/c1-29(26,27)21-15-4-8-18(9-5-15)28-13-17(24)12-22-10-11-23(19(22)25)16-6-2-14(20)3-7-16/h2-9,17,21,24H,10-13H2,1H3/t17-/m0/s1. The zero-order valence-corrected chi connectivity index (χ0v) is 17.4. The van der Waals surface area contributed by atoms with Crippen LogP contribution in [0.25, 0.3) is 0 Å². The molecule has 1 atom stereocenters. The van der Waals surface area contributed by atoms with Gasteiger partial charge in [0.2, 0.25) is 10.0 Å². The van der Waals surface area contributed by atoms with Crippen LogP contribution in [0.2, 0.25) is 5.02 Å². The third-order valence-corrected chi connectivity index (χ3v) is 5.12. The number of carbonyl (C=O) groups is 1. The average Bonchev–Trinajstić information content (AvgIpc) is 3.01. The van der Waals surface area contributed by atoms with Crippen molar-refractivity contribution < 1.29 is 23.1 Å². The Balaban J connectivity index is 1.49. The lowest BCUT2D eigenvalue weighted by Gasteiger charge is -2.21. The minimum Gasteiger partial charge on any atom is -0.491 e. The average molecular weight is 440 g/mol. The Bertz CT molecular complexity index is 951. The van der Waals surface area contributed by atoms with E-state index in [0.29, 0.717) is 29.5 Å². The molecule has 156 valence electrons. The quantitative estimate of drug-likeness (QED) is 0.658. The van der Waals surface area contributed by atoms with E-state index in [1.54, 1.807) is 58.3 Å². The number of nitrogens with zero attached hydrogens (tertiary/aromatic N) is 2. The lowest BCUT2D eigenvalue weighted by molar-refractivity contribution is 0.0829. The lowest BCUT2D eigenvalue weighted by Crippen LogP contribution is -2.39. The Morgan fingerprint density at radius 2 is 1.79 bits per heavy atom. The van der Waals surface area contributed by atoms with E-state index in [2.05, 4.69) is 4.72 Å². The van der Waals surface area contributed by atoms with Crippen LogP contribution in [-0.4, -0.2) is 63.1 Å². The van der Waals surface area contributed by atoms with Crippen LogP contribution in [0.4, 0.5) is 16.2 Å². The summed E-state index contributed by atoms with van der Waals surface area (Å²) in [6.45, 7) is 1.19. The number of hydrogen-bond acceptors (Lipinski definition) is 5. The highest BCUT2D eigenvalue weighted by molar-refractivity contribution is 7.92. The van der Waals surface area contributed by atoms with Crippen molar-refractivity contribution in [2.24, 2.45) is 0 Å². The number of benzene rings is 2. The van der Waals surface area contributed by atoms with E-state index >= 15 is 0 Å². The van der Waals surface area contributed by atoms with Crippen molar-refractivity contribution in [3.05, 3.63) is 53.6 Å². The van der Waals surface area contributed by atoms with Gasteiger partial charge in [-0.3, -0.25) is 9.62 Å². The highest BCUT2D eigenvalue weighted by Gasteiger charge is 2.30. The van der Waals surface area contributed by atoms with E-state index in [0.717, 1.165) is 11.9 Å². The van der Waals surface area contributed by atoms with E-state index in [9.17, 15) is 18.3 Å². The number of aliphatic hydroxyl groups excluding tert-OH is 1. The third-order valence-electron chi connectivity index (χ3n) is 4.26. The molecule has 29 heavy (non-hydrogen) atoms. The van der Waals surface area contributed by atoms with E-state index in [1.165, 1.54) is 0 Å². The molecule has 1 aliphatic rings. The summed E-state index contributed by atoms with van der Waals surface area (Å²) in [5, 5.41) is 10.8. The Morgan fingerprint density at radius 1 is 1.14 bits per heavy atom. The topological polar surface area (TPSA) is 99.2 Å². The van der Waals surface area contributed by atoms with Gasteiger partial charge >= 0.3 is 6.03 Å². The van der Waals surface area contributed by atoms with Crippen LogP contribution in [0, 0.1) is 0 Å². The summed E-state index contributed by atoms with van der Waals surface area (Å²) in [6, 6.07) is 13.2. The van der Waals surface area contributed by atoms with Gasteiger partial charge in [-0.25, -0.2) is 13.2 Å². The molecule has 0 bridgehead atoms. The highest BCUT2D eigenvalue weighted by Crippen LogP contribution is 2.22. The molecule has 0 spiro atoms. The number of anilines is 2. The molecule has 0 unspecified atom stereocenters. The van der Waals surface area contributed by atoms with Crippen molar-refractivity contribution in [3.63, 3.8) is 0 Å². The van der Waals surface area contributed by atoms with Gasteiger partial charge < -0.3 is 14.7 Å². The highest BCUT2D eigenvalue weighted by atomic mass is 35.5. The van der Waals surface area contributed by atoms with Crippen LogP contribution < -0.4 is 14.4 Å². The number of hydrogen-bond donors (Lipinski definition) is 2. The zero-order valence-electron chi connectivity index (χ0n) is 15.8. The van der Waals surface area contributed by atoms with Crippen molar-refractivity contribution in [1.82, 2.24) is 4.90 Å². The van der Waals surface area contributed by atoms with Gasteiger partial charge in [0, 0.05) is 29.5 Å². The molecule has 2 N–H and O–H groups in total. The minimum atomic E-state index is -3.34. The number of rotatable bonds is 8. The van der Waals surface area contributed by atoms with Gasteiger partial charge in [0.15, 0.2) is 0 Å². The van der Waals surface area contributed by atoms with Crippen molar-refractivity contribution in [2.45, 2.75) is 6.10 Å². The van der Waals surface area contributed by atoms with Crippen molar-refractivity contribution in [3.8, 4) is 5.75 Å². The Kier molecular flexibility index (Phi) is 6.51. The normalized spacial score (nSPS) is 15.5. The monoisotopic (exact) mass is 439 g/mol. The number of β-amino-alcohol motifs (C(OH)–C–C–N with tert-alkyl or cyclic N) is 1. The van der Waals surface area contributed by atoms with E-state index in [4.69, 9.17) is 16.3 Å². The SMILES string of the molecule is CS(=O)(=O)Nc1ccc(OC[C@@H](O)CN2CCN(c3ccc(Cl)cc3)C2=O)cc1. The maximum absolute atomic E-state index is 12.6. The first-order chi connectivity index (χ1) is 13.7. The number of amides is 2. The molecule has 0 aromatic heterocycles. The Morgan fingerprint density at radius 3 is 2.41 bits per heavy atom. The zero-order chi connectivity index (χ0) is 21.0. The maximum Gasteiger partial charge on any atom is 0.324 e. The Labute approximate surface area is 174 Å². The second-order valence-electron chi connectivity index (χ2n) is 6.72. The number of nitrogens with one attached hydrogen (secondary N) is 1. The molecule has 0 aliphatic carbocycles. The molecule has 2 aromatic rings. The Hall–Kier alpha value is -2.49. The summed E-state index contributed by atoms with van der Waals surface area (Å²) in [5.74, 6) is 0.485. The van der Waals surface area contributed by atoms with Gasteiger partial charge in [-0.15, -0.1) is 0 Å². The van der Waals surface area contributed by atoms with Gasteiger partial charge in [0.25, 0.3) is 0 Å². The van der Waals surface area contributed by atoms with Crippen molar-refractivity contribution in [1.29, 1.82) is 0 Å². The fourth-order valence-corrected chi connectivity index (χ4v) is 3.64. The van der Waals surface area contributed by atoms with E-state index in [-0.39, 0.29) is 19.2 Å². The molecule has 10 heteroatoms. The number of sulfonamides is 1. The third kappa shape index (κ3) is 5.99. The number of aliphatic hydroxyl groups is 1. The molecule has 8 nitrogen and oxygen atoms in total. The van der Waals surface area contributed by atoms with Gasteiger partial charge in [0.05, 0.1) is 12.8 Å². The first-order valence-electron chi connectivity index (χ1n) is 8.92. The summed E-state index contributed by atoms with van der Waals surface area (Å²) in [7, 11) is -3.34. The second kappa shape index (κ2) is 8.89. The minimum absolute atomic E-state index is 0.00355. The van der Waals surface area contributed by atoms with Crippen LogP contribution >= 0.6 is 11.6 Å². The number of carbonyl (C=O) groups excluding carboxylic acids is 1. The van der Waals surface area contributed by atoms with Gasteiger partial charge in [-0.1, -0.05) is 11.6 Å². The molecular weight excluding hydrogens is 418 g/mol. The smallest absolute Gasteiger partial charge is 0.324 e. The molecule has 2 amide bonds. The largest absolute Gasteiger partial charge is 0.491 e. The van der Waals surface area contributed by atoms with Crippen LogP contribution in [0.5, 0.6) is 5.75 Å². The summed E-state index contributed by atoms with van der Waals surface area (Å²) < 4.78 is 30.3. The molecule has 1 fully saturated rings. The number of ether oxygens (including phenoxy) is 1. The van der Waals surface area contributed by atoms with Crippen LogP contribution in [0.3, 0.4) is 0 Å². The first-order valence-corrected chi connectivity index (χ1v) is 11.2. The van der Waals surface area contributed by atoms with Gasteiger partial charge in [0.1, 0.15) is 18.5 Å². The lowest BCUT2D eigenvalue weighted by atomic mass is 10.3. The number of urea groups is 1. The summed E-state index contributed by atoms with van der Waals surface area (Å²) in [6.07, 6.45) is 0.208. The predicted octanol–water partition coefficient (Wildman–Crippen LogP) is 2.39. The molecule has 0 radical (unpaired) electrons. The van der Waals surface area contributed by atoms with E-state index < -0.39 is 16.1 Å². The number of halogens is 1. The predicted molar refractivity (Wildman–Crippen MR) is 112 cm³/mol. The fourth-order valence-electron chi connectivity index (χ4n) is 2.95. The molecule has 1 saturated heterocycles. The first kappa shape index (κ1) is 21.2. The molecule has 0 saturated carbocycles. The van der Waals surface area contributed by atoms with Crippen LogP contribution in [0.1, 0.15) is 0 Å². The van der Waals surface area contributed by atoms with Crippen LogP contribution in [0.15, 0.2) is 48.5 Å². The van der Waals surface area contributed by atoms with Gasteiger partial charge in [-0.05, 0) is 48.5 Å². The van der Waals surface area contributed by atoms with E-state index in [1.807, 2.05) is 0 Å². The molecule has 1 aliphatic heterocycles. The second-order valence-corrected chi connectivity index (χ2v) is 8.90. The summed E-state index contributed by atoms with van der Waals surface area (Å²) in [4.78, 5) is 15.8. The molecule has 2 aromatic carbocycles. The molecular formula is C19H22ClN3O5S. The van der Waals surface area contributed by atoms with Crippen molar-refractivity contribution >= 4 is 39.0 Å². The fraction of sp³-hybridized carbons (Fsp3) is 0.316. The molecule has 3 rings (SSSR count). The van der Waals surface area contributed by atoms with Crippen molar-refractivity contribution in [2.75, 3.05) is 42.1 Å². The maximum atomic E-state index is 12.6. The van der Waals surface area contributed by atoms with Crippen LogP contribution in [-0.2, 0) is 10.0 Å². The van der Waals surface area contributed by atoms with Gasteiger partial charge in [-0.2, -0.15) is 0 Å². The summed E-state index contributed by atoms with van der Waals surface area (Å²) in [5.41, 5.74) is 1.18.